The Bertz CT molecular complexity index is 469. The van der Waals surface area contributed by atoms with Crippen LogP contribution < -0.4 is 11.1 Å². The summed E-state index contributed by atoms with van der Waals surface area (Å²) >= 11 is 3.50. The number of amides is 1. The highest BCUT2D eigenvalue weighted by atomic mass is 79.9. The zero-order chi connectivity index (χ0) is 15.3. The lowest BCUT2D eigenvalue weighted by Crippen LogP contribution is -2.41. The first-order valence-corrected chi connectivity index (χ1v) is 7.44. The van der Waals surface area contributed by atoms with E-state index < -0.39 is 11.7 Å². The molecule has 0 aromatic heterocycles. The maximum atomic E-state index is 11.5. The van der Waals surface area contributed by atoms with Crippen molar-refractivity contribution >= 4 is 22.0 Å². The Kier molecular flexibility index (Phi) is 6.02. The summed E-state index contributed by atoms with van der Waals surface area (Å²) in [5.41, 5.74) is 7.86. The van der Waals surface area contributed by atoms with E-state index in [1.807, 2.05) is 39.8 Å². The minimum Gasteiger partial charge on any atom is -0.444 e. The second kappa shape index (κ2) is 7.09. The number of nitrogens with two attached hydrogens (primary N) is 1. The largest absolute Gasteiger partial charge is 0.444 e. The van der Waals surface area contributed by atoms with E-state index in [1.165, 1.54) is 5.56 Å². The van der Waals surface area contributed by atoms with Crippen LogP contribution in [0, 0.1) is 6.92 Å². The molecule has 5 heteroatoms. The summed E-state index contributed by atoms with van der Waals surface area (Å²) < 4.78 is 6.23. The number of alkyl carbamates (subject to hydrolysis) is 1. The first kappa shape index (κ1) is 17.0. The first-order valence-electron chi connectivity index (χ1n) is 6.65. The Balaban J connectivity index is 2.42. The third-order valence-electron chi connectivity index (χ3n) is 2.64. The third kappa shape index (κ3) is 6.39. The Morgan fingerprint density at radius 1 is 1.45 bits per heavy atom. The summed E-state index contributed by atoms with van der Waals surface area (Å²) in [5, 5.41) is 2.69. The maximum Gasteiger partial charge on any atom is 0.407 e. The van der Waals surface area contributed by atoms with Gasteiger partial charge < -0.3 is 15.8 Å². The second-order valence-corrected chi connectivity index (χ2v) is 6.78. The summed E-state index contributed by atoms with van der Waals surface area (Å²) in [4.78, 5) is 11.5. The average Bonchev–Trinajstić information content (AvgIpc) is 2.29. The maximum absolute atomic E-state index is 11.5. The molecule has 0 saturated heterocycles. The van der Waals surface area contributed by atoms with Gasteiger partial charge in [0, 0.05) is 17.1 Å². The van der Waals surface area contributed by atoms with Crippen molar-refractivity contribution in [3.05, 3.63) is 33.8 Å². The molecule has 1 aromatic carbocycles. The number of halogens is 1. The first-order chi connectivity index (χ1) is 9.17. The molecular formula is C15H23BrN2O2. The molecule has 20 heavy (non-hydrogen) atoms. The molecular weight excluding hydrogens is 320 g/mol. The molecule has 0 fully saturated rings. The van der Waals surface area contributed by atoms with Crippen LogP contribution in [-0.2, 0) is 11.2 Å². The van der Waals surface area contributed by atoms with Gasteiger partial charge in [0.15, 0.2) is 0 Å². The van der Waals surface area contributed by atoms with Crippen LogP contribution in [0.25, 0.3) is 0 Å². The fourth-order valence-corrected chi connectivity index (χ4v) is 2.09. The predicted molar refractivity (Wildman–Crippen MR) is 84.8 cm³/mol. The number of nitrogens with one attached hydrogen (secondary N) is 1. The van der Waals surface area contributed by atoms with Gasteiger partial charge in [-0.25, -0.2) is 4.79 Å². The van der Waals surface area contributed by atoms with E-state index in [4.69, 9.17) is 10.5 Å². The van der Waals surface area contributed by atoms with Crippen molar-refractivity contribution in [3.8, 4) is 0 Å². The number of carbonyl (C=O) groups is 1. The van der Waals surface area contributed by atoms with Crippen LogP contribution in [0.5, 0.6) is 0 Å². The Hall–Kier alpha value is -1.07. The molecule has 0 aliphatic heterocycles. The van der Waals surface area contributed by atoms with Crippen LogP contribution in [0.1, 0.15) is 31.9 Å². The lowest BCUT2D eigenvalue weighted by atomic mass is 10.1. The van der Waals surface area contributed by atoms with Gasteiger partial charge in [-0.15, -0.1) is 0 Å². The Morgan fingerprint density at radius 2 is 2.10 bits per heavy atom. The molecule has 1 atom stereocenters. The standard InChI is InChI=1S/C15H23BrN2O2/c1-10-5-6-11(8-13(10)16)7-12(17)9-18-14(19)20-15(2,3)4/h5-6,8,12H,7,9,17H2,1-4H3,(H,18,19). The Morgan fingerprint density at radius 3 is 2.65 bits per heavy atom. The van der Waals surface area contributed by atoms with Crippen LogP contribution in [0.3, 0.4) is 0 Å². The van der Waals surface area contributed by atoms with Crippen molar-refractivity contribution in [1.82, 2.24) is 5.32 Å². The number of rotatable bonds is 4. The van der Waals surface area contributed by atoms with Crippen LogP contribution in [0.15, 0.2) is 22.7 Å². The summed E-state index contributed by atoms with van der Waals surface area (Å²) in [6.45, 7) is 7.92. The second-order valence-electron chi connectivity index (χ2n) is 5.93. The lowest BCUT2D eigenvalue weighted by molar-refractivity contribution is 0.0524. The van der Waals surface area contributed by atoms with Crippen LogP contribution >= 0.6 is 15.9 Å². The van der Waals surface area contributed by atoms with E-state index >= 15 is 0 Å². The summed E-state index contributed by atoms with van der Waals surface area (Å²) in [6, 6.07) is 6.01. The van der Waals surface area contributed by atoms with Gasteiger partial charge in [-0.1, -0.05) is 28.1 Å². The molecule has 0 aliphatic carbocycles. The van der Waals surface area contributed by atoms with Crippen molar-refractivity contribution in [1.29, 1.82) is 0 Å². The number of ether oxygens (including phenoxy) is 1. The van der Waals surface area contributed by atoms with Crippen molar-refractivity contribution in [2.75, 3.05) is 6.54 Å². The minimum atomic E-state index is -0.490. The molecule has 0 heterocycles. The fourth-order valence-electron chi connectivity index (χ4n) is 1.67. The zero-order valence-electron chi connectivity index (χ0n) is 12.5. The molecule has 4 nitrogen and oxygen atoms in total. The summed E-state index contributed by atoms with van der Waals surface area (Å²) in [7, 11) is 0. The SMILES string of the molecule is Cc1ccc(CC(N)CNC(=O)OC(C)(C)C)cc1Br. The smallest absolute Gasteiger partial charge is 0.407 e. The Labute approximate surface area is 129 Å². The van der Waals surface area contributed by atoms with E-state index in [1.54, 1.807) is 0 Å². The van der Waals surface area contributed by atoms with Crippen LogP contribution in [0.2, 0.25) is 0 Å². The number of carbonyl (C=O) groups excluding carboxylic acids is 1. The van der Waals surface area contributed by atoms with Crippen LogP contribution in [-0.4, -0.2) is 24.3 Å². The highest BCUT2D eigenvalue weighted by molar-refractivity contribution is 9.10. The molecule has 1 aromatic rings. The highest BCUT2D eigenvalue weighted by Gasteiger charge is 2.16. The van der Waals surface area contributed by atoms with Gasteiger partial charge >= 0.3 is 6.09 Å². The van der Waals surface area contributed by atoms with Crippen molar-refractivity contribution in [2.45, 2.75) is 45.8 Å². The van der Waals surface area contributed by atoms with Gasteiger partial charge in [0.1, 0.15) is 5.60 Å². The van der Waals surface area contributed by atoms with Gasteiger partial charge in [0.25, 0.3) is 0 Å². The topological polar surface area (TPSA) is 64.3 Å². The van der Waals surface area contributed by atoms with Crippen LogP contribution in [0.4, 0.5) is 4.79 Å². The number of aryl methyl sites for hydroxylation is 1. The van der Waals surface area contributed by atoms with Gasteiger partial charge in [0.2, 0.25) is 0 Å². The van der Waals surface area contributed by atoms with Gasteiger partial charge in [-0.05, 0) is 51.3 Å². The molecule has 3 N–H and O–H groups in total. The minimum absolute atomic E-state index is 0.142. The molecule has 0 saturated carbocycles. The molecule has 1 amide bonds. The van der Waals surface area contributed by atoms with E-state index in [-0.39, 0.29) is 6.04 Å². The predicted octanol–water partition coefficient (Wildman–Crippen LogP) is 3.15. The zero-order valence-corrected chi connectivity index (χ0v) is 14.1. The fraction of sp³-hybridized carbons (Fsp3) is 0.533. The lowest BCUT2D eigenvalue weighted by Gasteiger charge is -2.21. The summed E-state index contributed by atoms with van der Waals surface area (Å²) in [5.74, 6) is 0. The molecule has 1 unspecified atom stereocenters. The van der Waals surface area contributed by atoms with Gasteiger partial charge in [-0.2, -0.15) is 0 Å². The third-order valence-corrected chi connectivity index (χ3v) is 3.50. The normalized spacial score (nSPS) is 12.9. The van der Waals surface area contributed by atoms with E-state index in [2.05, 4.69) is 27.3 Å². The average molecular weight is 343 g/mol. The number of hydrogen-bond acceptors (Lipinski definition) is 3. The summed E-state index contributed by atoms with van der Waals surface area (Å²) in [6.07, 6.45) is 0.271. The highest BCUT2D eigenvalue weighted by Crippen LogP contribution is 2.18. The molecule has 0 radical (unpaired) electrons. The van der Waals surface area contributed by atoms with E-state index in [0.717, 1.165) is 10.0 Å². The number of hydrogen-bond donors (Lipinski definition) is 2. The molecule has 1 rings (SSSR count). The van der Waals surface area contributed by atoms with Gasteiger partial charge in [0.05, 0.1) is 0 Å². The van der Waals surface area contributed by atoms with Crippen molar-refractivity contribution in [3.63, 3.8) is 0 Å². The van der Waals surface area contributed by atoms with Crippen molar-refractivity contribution < 1.29 is 9.53 Å². The quantitative estimate of drug-likeness (QED) is 0.883. The molecule has 0 spiro atoms. The number of benzene rings is 1. The molecule has 0 aliphatic rings. The van der Waals surface area contributed by atoms with E-state index in [9.17, 15) is 4.79 Å². The molecule has 112 valence electrons. The van der Waals surface area contributed by atoms with Crippen molar-refractivity contribution in [2.24, 2.45) is 5.73 Å². The molecule has 0 bridgehead atoms. The monoisotopic (exact) mass is 342 g/mol. The van der Waals surface area contributed by atoms with Gasteiger partial charge in [-0.3, -0.25) is 0 Å². The van der Waals surface area contributed by atoms with E-state index in [0.29, 0.717) is 13.0 Å².